The third-order valence-corrected chi connectivity index (χ3v) is 5.33. The van der Waals surface area contributed by atoms with Crippen molar-refractivity contribution >= 4 is 18.1 Å². The zero-order valence-electron chi connectivity index (χ0n) is 16.7. The van der Waals surface area contributed by atoms with Crippen LogP contribution in [0.3, 0.4) is 0 Å². The largest absolute Gasteiger partial charge is 0.342 e. The maximum absolute atomic E-state index is 12.8. The Kier molecular flexibility index (Phi) is 5.31. The van der Waals surface area contributed by atoms with E-state index < -0.39 is 0 Å². The van der Waals surface area contributed by atoms with Crippen molar-refractivity contribution < 1.29 is 9.32 Å². The van der Waals surface area contributed by atoms with E-state index in [1.54, 1.807) is 4.57 Å². The summed E-state index contributed by atoms with van der Waals surface area (Å²) in [5, 5.41) is 14.2. The molecule has 2 aromatic heterocycles. The van der Waals surface area contributed by atoms with Gasteiger partial charge in [-0.2, -0.15) is 10.1 Å². The lowest BCUT2D eigenvalue weighted by molar-refractivity contribution is -0.123. The summed E-state index contributed by atoms with van der Waals surface area (Å²) in [6.45, 7) is 6.08. The van der Waals surface area contributed by atoms with Gasteiger partial charge in [0.2, 0.25) is 11.8 Å². The quantitative estimate of drug-likeness (QED) is 0.574. The molecule has 3 aromatic rings. The molecule has 0 bridgehead atoms. The lowest BCUT2D eigenvalue weighted by Gasteiger charge is -2.19. The van der Waals surface area contributed by atoms with Crippen molar-refractivity contribution in [3.05, 3.63) is 46.3 Å². The first-order valence-electron chi connectivity index (χ1n) is 9.77. The molecule has 9 heteroatoms. The molecule has 1 saturated carbocycles. The standard InChI is InChI=1S/C20H24N6O2S/c1-11(2)16(19-22-17(25-28-19)13-8-9-13)21-15(27)10-26-18(23-24-20(26)29)14-6-4-12(3)5-7-14/h4-7,11,13,16H,8-10H2,1-3H3,(H,21,27)(H,24,29). The molecule has 1 unspecified atom stereocenters. The number of hydrogen-bond acceptors (Lipinski definition) is 6. The topological polar surface area (TPSA) is 102 Å². The first kappa shape index (κ1) is 19.5. The van der Waals surface area contributed by atoms with Gasteiger partial charge >= 0.3 is 0 Å². The van der Waals surface area contributed by atoms with Crippen molar-refractivity contribution in [1.29, 1.82) is 0 Å². The van der Waals surface area contributed by atoms with Gasteiger partial charge in [-0.3, -0.25) is 14.5 Å². The highest BCUT2D eigenvalue weighted by molar-refractivity contribution is 7.71. The molecule has 8 nitrogen and oxygen atoms in total. The summed E-state index contributed by atoms with van der Waals surface area (Å²) in [7, 11) is 0. The molecule has 2 heterocycles. The molecule has 0 aliphatic heterocycles. The van der Waals surface area contributed by atoms with Gasteiger partial charge in [-0.15, -0.1) is 0 Å². The Hall–Kier alpha value is -2.81. The van der Waals surface area contributed by atoms with Crippen LogP contribution in [-0.2, 0) is 11.3 Å². The SMILES string of the molecule is Cc1ccc(-c2n[nH]c(=S)n2CC(=O)NC(c2nc(C3CC3)no2)C(C)C)cc1. The van der Waals surface area contributed by atoms with Crippen LogP contribution in [0.25, 0.3) is 11.4 Å². The number of aryl methyl sites for hydroxylation is 1. The number of H-pyrrole nitrogens is 1. The number of nitrogens with zero attached hydrogens (tertiary/aromatic N) is 4. The molecular formula is C20H24N6O2S. The van der Waals surface area contributed by atoms with Crippen molar-refractivity contribution in [3.8, 4) is 11.4 Å². The Morgan fingerprint density at radius 3 is 2.72 bits per heavy atom. The van der Waals surface area contributed by atoms with Gasteiger partial charge in [0.1, 0.15) is 12.6 Å². The summed E-state index contributed by atoms with van der Waals surface area (Å²) in [5.41, 5.74) is 2.04. The van der Waals surface area contributed by atoms with Gasteiger partial charge in [-0.25, -0.2) is 0 Å². The molecule has 4 rings (SSSR count). The first-order chi connectivity index (χ1) is 13.9. The Labute approximate surface area is 173 Å². The van der Waals surface area contributed by atoms with Crippen molar-refractivity contribution in [3.63, 3.8) is 0 Å². The van der Waals surface area contributed by atoms with Crippen LogP contribution in [0.2, 0.25) is 0 Å². The van der Waals surface area contributed by atoms with Gasteiger partial charge in [-0.1, -0.05) is 48.8 Å². The molecule has 1 aromatic carbocycles. The fourth-order valence-electron chi connectivity index (χ4n) is 3.14. The van der Waals surface area contributed by atoms with Crippen LogP contribution < -0.4 is 5.32 Å². The van der Waals surface area contributed by atoms with Crippen LogP contribution in [0, 0.1) is 17.6 Å². The maximum atomic E-state index is 12.8. The minimum atomic E-state index is -0.355. The third-order valence-electron chi connectivity index (χ3n) is 5.02. The highest BCUT2D eigenvalue weighted by Gasteiger charge is 2.31. The molecule has 1 aliphatic rings. The average Bonchev–Trinajstić information content (AvgIpc) is 3.32. The number of benzene rings is 1. The second-order valence-electron chi connectivity index (χ2n) is 7.86. The van der Waals surface area contributed by atoms with Gasteiger partial charge in [0.15, 0.2) is 16.4 Å². The van der Waals surface area contributed by atoms with Crippen molar-refractivity contribution in [2.45, 2.75) is 52.1 Å². The zero-order valence-corrected chi connectivity index (χ0v) is 17.5. The number of rotatable bonds is 7. The Morgan fingerprint density at radius 1 is 1.34 bits per heavy atom. The van der Waals surface area contributed by atoms with E-state index in [4.69, 9.17) is 16.7 Å². The third kappa shape index (κ3) is 4.29. The lowest BCUT2D eigenvalue weighted by Crippen LogP contribution is -2.34. The Bertz CT molecular complexity index is 1060. The predicted molar refractivity (Wildman–Crippen MR) is 110 cm³/mol. The summed E-state index contributed by atoms with van der Waals surface area (Å²) in [6.07, 6.45) is 2.19. The van der Waals surface area contributed by atoms with Crippen molar-refractivity contribution in [2.24, 2.45) is 5.92 Å². The van der Waals surface area contributed by atoms with Gasteiger partial charge < -0.3 is 9.84 Å². The van der Waals surface area contributed by atoms with E-state index in [1.165, 1.54) is 0 Å². The summed E-state index contributed by atoms with van der Waals surface area (Å²) in [4.78, 5) is 17.3. The molecule has 29 heavy (non-hydrogen) atoms. The molecule has 152 valence electrons. The minimum Gasteiger partial charge on any atom is -0.342 e. The van der Waals surface area contributed by atoms with Gasteiger partial charge in [0.25, 0.3) is 0 Å². The van der Waals surface area contributed by atoms with Crippen LogP contribution in [0.5, 0.6) is 0 Å². The fourth-order valence-corrected chi connectivity index (χ4v) is 3.34. The fraction of sp³-hybridized carbons (Fsp3) is 0.450. The number of aromatic nitrogens is 5. The molecule has 0 radical (unpaired) electrons. The average molecular weight is 413 g/mol. The second kappa shape index (κ2) is 7.90. The van der Waals surface area contributed by atoms with Crippen LogP contribution >= 0.6 is 12.2 Å². The van der Waals surface area contributed by atoms with E-state index in [-0.39, 0.29) is 24.4 Å². The number of aromatic amines is 1. The molecule has 2 N–H and O–H groups in total. The van der Waals surface area contributed by atoms with Crippen LogP contribution in [0.1, 0.15) is 55.9 Å². The van der Waals surface area contributed by atoms with Crippen LogP contribution in [0.15, 0.2) is 28.8 Å². The van der Waals surface area contributed by atoms with Crippen molar-refractivity contribution in [2.75, 3.05) is 0 Å². The number of nitrogens with one attached hydrogen (secondary N) is 2. The molecule has 0 saturated heterocycles. The van der Waals surface area contributed by atoms with E-state index >= 15 is 0 Å². The van der Waals surface area contributed by atoms with Crippen LogP contribution in [-0.4, -0.2) is 30.8 Å². The minimum absolute atomic E-state index is 0.0470. The number of hydrogen-bond donors (Lipinski definition) is 2. The Balaban J connectivity index is 1.52. The summed E-state index contributed by atoms with van der Waals surface area (Å²) < 4.78 is 7.52. The smallest absolute Gasteiger partial charge is 0.249 e. The monoisotopic (exact) mass is 412 g/mol. The Morgan fingerprint density at radius 2 is 2.07 bits per heavy atom. The van der Waals surface area contributed by atoms with E-state index in [0.717, 1.165) is 29.8 Å². The first-order valence-corrected chi connectivity index (χ1v) is 10.2. The summed E-state index contributed by atoms with van der Waals surface area (Å²) in [6, 6.07) is 7.57. The number of carbonyl (C=O) groups is 1. The van der Waals surface area contributed by atoms with Crippen LogP contribution in [0.4, 0.5) is 0 Å². The van der Waals surface area contributed by atoms with E-state index in [0.29, 0.717) is 22.4 Å². The van der Waals surface area contributed by atoms with E-state index in [9.17, 15) is 4.79 Å². The normalized spacial score (nSPS) is 14.9. The molecule has 1 amide bonds. The number of amides is 1. The predicted octanol–water partition coefficient (Wildman–Crippen LogP) is 3.69. The zero-order chi connectivity index (χ0) is 20.5. The van der Waals surface area contributed by atoms with Gasteiger partial charge in [-0.05, 0) is 37.9 Å². The van der Waals surface area contributed by atoms with Gasteiger partial charge in [0.05, 0.1) is 0 Å². The second-order valence-corrected chi connectivity index (χ2v) is 8.25. The molecule has 1 aliphatic carbocycles. The van der Waals surface area contributed by atoms with Gasteiger partial charge in [0, 0.05) is 11.5 Å². The molecular weight excluding hydrogens is 388 g/mol. The summed E-state index contributed by atoms with van der Waals surface area (Å²) >= 11 is 5.34. The molecule has 1 fully saturated rings. The highest BCUT2D eigenvalue weighted by atomic mass is 32.1. The molecule has 0 spiro atoms. The van der Waals surface area contributed by atoms with E-state index in [2.05, 4.69) is 25.7 Å². The maximum Gasteiger partial charge on any atom is 0.249 e. The number of carbonyl (C=O) groups excluding carboxylic acids is 1. The molecule has 1 atom stereocenters. The summed E-state index contributed by atoms with van der Waals surface area (Å²) in [5.74, 6) is 2.11. The highest BCUT2D eigenvalue weighted by Crippen LogP contribution is 2.38. The van der Waals surface area contributed by atoms with Crippen molar-refractivity contribution in [1.82, 2.24) is 30.2 Å². The lowest BCUT2D eigenvalue weighted by atomic mass is 10.0. The van der Waals surface area contributed by atoms with E-state index in [1.807, 2.05) is 45.0 Å².